The normalized spacial score (nSPS) is 12.5. The first kappa shape index (κ1) is 18.1. The van der Waals surface area contributed by atoms with Crippen molar-refractivity contribution < 1.29 is 4.79 Å². The molecule has 4 rings (SSSR count). The number of fused-ring (bicyclic) bond motifs is 1. The minimum absolute atomic E-state index is 0. The number of ketones is 1. The molecule has 0 aromatic heterocycles. The van der Waals surface area contributed by atoms with Crippen molar-refractivity contribution in [2.45, 2.75) is 6.54 Å². The Morgan fingerprint density at radius 3 is 2.15 bits per heavy atom. The Kier molecular flexibility index (Phi) is 5.33. The molecule has 1 heterocycles. The van der Waals surface area contributed by atoms with E-state index in [1.54, 1.807) is 0 Å². The lowest BCUT2D eigenvalue weighted by atomic mass is 10.0. The van der Waals surface area contributed by atoms with Crippen LogP contribution in [0.1, 0.15) is 21.5 Å². The highest BCUT2D eigenvalue weighted by molar-refractivity contribution is 8.93. The Hall–Kier alpha value is -2.72. The van der Waals surface area contributed by atoms with Crippen LogP contribution in [0.15, 0.2) is 78.9 Å². The zero-order chi connectivity index (χ0) is 17.2. The van der Waals surface area contributed by atoms with Gasteiger partial charge in [-0.3, -0.25) is 10.2 Å². The van der Waals surface area contributed by atoms with Gasteiger partial charge >= 0.3 is 0 Å². The molecule has 0 aliphatic carbocycles. The van der Waals surface area contributed by atoms with Gasteiger partial charge in [0, 0.05) is 17.7 Å². The number of nitrogens with zero attached hydrogens (tertiary/aromatic N) is 1. The molecule has 0 spiro atoms. The molecule has 1 aliphatic heterocycles. The summed E-state index contributed by atoms with van der Waals surface area (Å²) in [4.78, 5) is 14.4. The van der Waals surface area contributed by atoms with Crippen molar-refractivity contribution in [1.82, 2.24) is 4.90 Å². The highest BCUT2D eigenvalue weighted by Crippen LogP contribution is 2.23. The third-order valence-corrected chi connectivity index (χ3v) is 4.60. The molecule has 1 aliphatic rings. The van der Waals surface area contributed by atoms with Crippen LogP contribution in [0.25, 0.3) is 11.1 Å². The second-order valence-corrected chi connectivity index (χ2v) is 6.23. The lowest BCUT2D eigenvalue weighted by Crippen LogP contribution is -2.30. The van der Waals surface area contributed by atoms with Crippen molar-refractivity contribution in [2.75, 3.05) is 6.54 Å². The summed E-state index contributed by atoms with van der Waals surface area (Å²) in [5.74, 6) is 0.474. The van der Waals surface area contributed by atoms with Crippen LogP contribution >= 0.6 is 17.0 Å². The number of hydrogen-bond donors (Lipinski definition) is 1. The van der Waals surface area contributed by atoms with Gasteiger partial charge in [-0.2, -0.15) is 0 Å². The van der Waals surface area contributed by atoms with Gasteiger partial charge in [0.15, 0.2) is 5.78 Å². The van der Waals surface area contributed by atoms with E-state index >= 15 is 0 Å². The maximum absolute atomic E-state index is 12.6. The average Bonchev–Trinajstić information content (AvgIpc) is 2.98. The maximum Gasteiger partial charge on any atom is 0.182 e. The average molecular weight is 407 g/mol. The highest BCUT2D eigenvalue weighted by Gasteiger charge is 2.25. The molecule has 3 aromatic carbocycles. The Labute approximate surface area is 163 Å². The molecule has 1 N–H and O–H groups in total. The van der Waals surface area contributed by atoms with Crippen LogP contribution in [0.2, 0.25) is 0 Å². The van der Waals surface area contributed by atoms with E-state index in [1.807, 2.05) is 71.6 Å². The van der Waals surface area contributed by atoms with Gasteiger partial charge in [-0.25, -0.2) is 0 Å². The Bertz CT molecular complexity index is 936. The van der Waals surface area contributed by atoms with Gasteiger partial charge in [-0.05, 0) is 16.7 Å². The number of Topliss-reactive ketones (excluding diaryl/α,β-unsaturated/α-hetero) is 1. The number of nitrogens with one attached hydrogen (secondary N) is 1. The van der Waals surface area contributed by atoms with Gasteiger partial charge in [0.2, 0.25) is 0 Å². The molecule has 3 nitrogen and oxygen atoms in total. The number of benzene rings is 3. The van der Waals surface area contributed by atoms with Gasteiger partial charge in [0.1, 0.15) is 5.84 Å². The molecule has 3 aromatic rings. The quantitative estimate of drug-likeness (QED) is 0.622. The topological polar surface area (TPSA) is 44.2 Å². The summed E-state index contributed by atoms with van der Waals surface area (Å²) in [5.41, 5.74) is 4.95. The molecule has 0 unspecified atom stereocenters. The number of rotatable bonds is 4. The molecule has 4 heteroatoms. The number of carbonyl (C=O) groups is 1. The fourth-order valence-electron chi connectivity index (χ4n) is 3.22. The molecule has 0 amide bonds. The van der Waals surface area contributed by atoms with Crippen molar-refractivity contribution in [3.05, 3.63) is 95.6 Å². The summed E-state index contributed by atoms with van der Waals surface area (Å²) in [5, 5.41) is 8.26. The summed E-state index contributed by atoms with van der Waals surface area (Å²) in [6.07, 6.45) is 0. The molecule has 0 atom stereocenters. The van der Waals surface area contributed by atoms with E-state index < -0.39 is 0 Å². The molecule has 130 valence electrons. The third-order valence-electron chi connectivity index (χ3n) is 4.60. The van der Waals surface area contributed by atoms with Crippen molar-refractivity contribution in [2.24, 2.45) is 0 Å². The minimum atomic E-state index is 0. The summed E-state index contributed by atoms with van der Waals surface area (Å²) >= 11 is 0. The molecular weight excluding hydrogens is 388 g/mol. The van der Waals surface area contributed by atoms with Crippen molar-refractivity contribution in [3.8, 4) is 11.1 Å². The van der Waals surface area contributed by atoms with E-state index in [0.29, 0.717) is 17.9 Å². The molecule has 0 radical (unpaired) electrons. The molecule has 0 saturated carbocycles. The first-order valence-corrected chi connectivity index (χ1v) is 8.33. The fraction of sp³-hybridized carbons (Fsp3) is 0.0909. The van der Waals surface area contributed by atoms with E-state index in [-0.39, 0.29) is 29.3 Å². The number of amidine groups is 1. The molecule has 0 saturated heterocycles. The Balaban J connectivity index is 0.00000196. The Morgan fingerprint density at radius 1 is 0.846 bits per heavy atom. The van der Waals surface area contributed by atoms with E-state index in [4.69, 9.17) is 5.41 Å². The van der Waals surface area contributed by atoms with E-state index in [1.165, 1.54) is 0 Å². The molecule has 26 heavy (non-hydrogen) atoms. The fourth-order valence-corrected chi connectivity index (χ4v) is 3.22. The minimum Gasteiger partial charge on any atom is -0.345 e. The van der Waals surface area contributed by atoms with Crippen LogP contribution in [-0.2, 0) is 6.54 Å². The van der Waals surface area contributed by atoms with Crippen LogP contribution in [0, 0.1) is 5.41 Å². The second kappa shape index (κ2) is 7.67. The summed E-state index contributed by atoms with van der Waals surface area (Å²) in [6, 6.07) is 25.7. The molecule has 0 bridgehead atoms. The van der Waals surface area contributed by atoms with Gasteiger partial charge in [0.25, 0.3) is 0 Å². The maximum atomic E-state index is 12.6. The van der Waals surface area contributed by atoms with Crippen LogP contribution < -0.4 is 0 Å². The van der Waals surface area contributed by atoms with Gasteiger partial charge in [0.05, 0.1) is 6.54 Å². The van der Waals surface area contributed by atoms with Crippen molar-refractivity contribution in [1.29, 1.82) is 5.41 Å². The van der Waals surface area contributed by atoms with Crippen molar-refractivity contribution in [3.63, 3.8) is 0 Å². The highest BCUT2D eigenvalue weighted by atomic mass is 79.9. The standard InChI is InChI=1S/C22H18N2O.BrH/c23-22-20-9-5-4-8-19(20)14-24(22)15-21(25)18-12-10-17(11-13-18)16-6-2-1-3-7-16;/h1-13,23H,14-15H2;1H. The number of hydrogen-bond acceptors (Lipinski definition) is 2. The van der Waals surface area contributed by atoms with Crippen LogP contribution in [0.5, 0.6) is 0 Å². The van der Waals surface area contributed by atoms with Crippen LogP contribution in [0.4, 0.5) is 0 Å². The summed E-state index contributed by atoms with van der Waals surface area (Å²) < 4.78 is 0. The van der Waals surface area contributed by atoms with Gasteiger partial charge in [-0.1, -0.05) is 78.9 Å². The lowest BCUT2D eigenvalue weighted by Gasteiger charge is -2.17. The monoisotopic (exact) mass is 406 g/mol. The first-order chi connectivity index (χ1) is 12.2. The summed E-state index contributed by atoms with van der Waals surface area (Å²) in [6.45, 7) is 0.862. The van der Waals surface area contributed by atoms with E-state index in [9.17, 15) is 4.79 Å². The first-order valence-electron chi connectivity index (χ1n) is 8.33. The molecule has 0 fully saturated rings. The predicted octanol–water partition coefficient (Wildman–Crippen LogP) is 4.96. The van der Waals surface area contributed by atoms with Gasteiger partial charge < -0.3 is 4.90 Å². The smallest absolute Gasteiger partial charge is 0.182 e. The van der Waals surface area contributed by atoms with E-state index in [2.05, 4.69) is 12.1 Å². The lowest BCUT2D eigenvalue weighted by molar-refractivity contribution is 0.0962. The molecular formula is C22H19BrN2O. The second-order valence-electron chi connectivity index (χ2n) is 6.23. The van der Waals surface area contributed by atoms with Gasteiger partial charge in [-0.15, -0.1) is 17.0 Å². The third kappa shape index (κ3) is 3.46. The Morgan fingerprint density at radius 2 is 1.46 bits per heavy atom. The SMILES string of the molecule is Br.N=C1c2ccccc2CN1CC(=O)c1ccc(-c2ccccc2)cc1. The van der Waals surface area contributed by atoms with Crippen LogP contribution in [0.3, 0.4) is 0 Å². The van der Waals surface area contributed by atoms with Crippen LogP contribution in [-0.4, -0.2) is 23.1 Å². The van der Waals surface area contributed by atoms with Crippen molar-refractivity contribution >= 4 is 28.6 Å². The van der Waals surface area contributed by atoms with E-state index in [0.717, 1.165) is 22.3 Å². The largest absolute Gasteiger partial charge is 0.345 e. The number of carbonyl (C=O) groups excluding carboxylic acids is 1. The zero-order valence-electron chi connectivity index (χ0n) is 14.2. The predicted molar refractivity (Wildman–Crippen MR) is 110 cm³/mol. The number of halogens is 1. The summed E-state index contributed by atoms with van der Waals surface area (Å²) in [7, 11) is 0. The zero-order valence-corrected chi connectivity index (χ0v) is 15.9.